The molecule has 4 aromatic rings. The van der Waals surface area contributed by atoms with Crippen LogP contribution in [0, 0.1) is 11.8 Å². The van der Waals surface area contributed by atoms with Gasteiger partial charge in [-0.3, -0.25) is 4.98 Å². The highest BCUT2D eigenvalue weighted by Gasteiger charge is 2.38. The summed E-state index contributed by atoms with van der Waals surface area (Å²) in [6, 6.07) is 7.89. The molecular weight excluding hydrogens is 604 g/mol. The zero-order valence-electron chi connectivity index (χ0n) is 20.5. The molecule has 40 heavy (non-hydrogen) atoms. The molecule has 2 atom stereocenters. The predicted octanol–water partition coefficient (Wildman–Crippen LogP) is 7.47. The molecule has 0 radical (unpaired) electrons. The van der Waals surface area contributed by atoms with Crippen molar-refractivity contribution < 1.29 is 23.1 Å². The number of anilines is 1. The van der Waals surface area contributed by atoms with Crippen LogP contribution in [0.15, 0.2) is 54.2 Å². The Morgan fingerprint density at radius 1 is 1.23 bits per heavy atom. The van der Waals surface area contributed by atoms with E-state index in [9.17, 15) is 13.2 Å². The average molecular weight is 626 g/mol. The van der Waals surface area contributed by atoms with Crippen LogP contribution in [0.3, 0.4) is 0 Å². The fourth-order valence-corrected chi connectivity index (χ4v) is 6.29. The first kappa shape index (κ1) is 29.8. The summed E-state index contributed by atoms with van der Waals surface area (Å²) in [5.74, 6) is 4.00. The number of fused-ring (bicyclic) bond motifs is 1. The van der Waals surface area contributed by atoms with E-state index in [0.29, 0.717) is 10.2 Å². The fourth-order valence-electron chi connectivity index (χ4n) is 3.90. The monoisotopic (exact) mass is 624 g/mol. The third-order valence-corrected chi connectivity index (χ3v) is 8.54. The number of nitrogens with one attached hydrogen (secondary N) is 1. The van der Waals surface area contributed by atoms with Crippen LogP contribution in [-0.2, 0) is 11.3 Å². The largest absolute Gasteiger partial charge is 0.490 e. The molecule has 0 amide bonds. The Labute approximate surface area is 245 Å². The second-order valence-corrected chi connectivity index (χ2v) is 11.4. The number of hydrogen-bond donors (Lipinski definition) is 3. The van der Waals surface area contributed by atoms with Crippen molar-refractivity contribution in [1.29, 1.82) is 0 Å². The van der Waals surface area contributed by atoms with E-state index in [1.807, 2.05) is 12.1 Å². The van der Waals surface area contributed by atoms with E-state index >= 15 is 0 Å². The Morgan fingerprint density at radius 2 is 1.98 bits per heavy atom. The summed E-state index contributed by atoms with van der Waals surface area (Å²) < 4.78 is 32.8. The van der Waals surface area contributed by atoms with E-state index in [0.717, 1.165) is 51.3 Å². The van der Waals surface area contributed by atoms with E-state index in [2.05, 4.69) is 56.8 Å². The predicted molar refractivity (Wildman–Crippen MR) is 154 cm³/mol. The van der Waals surface area contributed by atoms with E-state index in [1.54, 1.807) is 35.1 Å². The molecule has 5 rings (SSSR count). The number of carboxylic acid groups (broad SMARTS) is 1. The Morgan fingerprint density at radius 3 is 2.62 bits per heavy atom. The molecule has 0 bridgehead atoms. The van der Waals surface area contributed by atoms with Crippen LogP contribution in [0.1, 0.15) is 39.6 Å². The van der Waals surface area contributed by atoms with Crippen molar-refractivity contribution in [1.82, 2.24) is 9.97 Å². The Bertz CT molecular complexity index is 1600. The number of thiophene rings is 2. The number of rotatable bonds is 4. The average Bonchev–Trinajstić information content (AvgIpc) is 3.55. The zero-order chi connectivity index (χ0) is 28.9. The number of carbonyl (C=O) groups is 1. The molecule has 6 nitrogen and oxygen atoms in total. The number of aromatic nitrogens is 2. The maximum Gasteiger partial charge on any atom is 0.490 e. The molecule has 0 aromatic carbocycles. The maximum absolute atomic E-state index is 10.6. The van der Waals surface area contributed by atoms with Gasteiger partial charge in [-0.25, -0.2) is 9.78 Å². The Hall–Kier alpha value is -3.14. The standard InChI is InChI=1S/C25H20Cl2N4S2.C2HF3O2/c26-19-14-29-10-9-15(19)7-8-18-23-25(33-24(18)17-5-1-2-6-20(17)28)21(12-22(27)31-23)30-13-16-4-3-11-32-16;3-2(4,5)1(6)7/h1-4,9-12,14,17,20H,5-6,13,28H2,(H,30,31);(H,6,7)/t17-,20-;/m0./s1. The van der Waals surface area contributed by atoms with E-state index in [1.165, 1.54) is 4.88 Å². The first-order chi connectivity index (χ1) is 19.0. The second kappa shape index (κ2) is 13.0. The summed E-state index contributed by atoms with van der Waals surface area (Å²) in [5, 5.41) is 13.7. The van der Waals surface area contributed by atoms with Gasteiger partial charge >= 0.3 is 12.1 Å². The van der Waals surface area contributed by atoms with Crippen LogP contribution in [0.2, 0.25) is 10.2 Å². The number of carboxylic acids is 1. The topological polar surface area (TPSA) is 101 Å². The molecular formula is C27H21Cl2F3N4O2S2. The summed E-state index contributed by atoms with van der Waals surface area (Å²) in [6.07, 6.45) is 4.28. The van der Waals surface area contributed by atoms with Gasteiger partial charge in [0.25, 0.3) is 0 Å². The normalized spacial score (nSPS) is 16.6. The summed E-state index contributed by atoms with van der Waals surface area (Å²) in [6.45, 7) is 0.722. The van der Waals surface area contributed by atoms with E-state index < -0.39 is 12.1 Å². The number of allylic oxidation sites excluding steroid dienone is 1. The van der Waals surface area contributed by atoms with Crippen LogP contribution >= 0.6 is 45.9 Å². The van der Waals surface area contributed by atoms with Gasteiger partial charge in [0.2, 0.25) is 0 Å². The quantitative estimate of drug-likeness (QED) is 0.124. The summed E-state index contributed by atoms with van der Waals surface area (Å²) in [7, 11) is 0. The minimum absolute atomic E-state index is 0.0334. The Kier molecular flexibility index (Phi) is 9.71. The molecule has 13 heteroatoms. The highest BCUT2D eigenvalue weighted by atomic mass is 35.5. The van der Waals surface area contributed by atoms with Crippen LogP contribution in [0.25, 0.3) is 10.2 Å². The van der Waals surface area contributed by atoms with Crippen LogP contribution in [0.5, 0.6) is 0 Å². The minimum Gasteiger partial charge on any atom is -0.475 e. The fraction of sp³-hybridized carbons (Fsp3) is 0.222. The first-order valence-electron chi connectivity index (χ1n) is 11.8. The molecule has 0 unspecified atom stereocenters. The van der Waals surface area contributed by atoms with Crippen molar-refractivity contribution in [2.45, 2.75) is 37.5 Å². The SMILES string of the molecule is N[C@H]1CC=CC[C@@H]1c1sc2c(NCc3cccs3)cc(Cl)nc2c1C#Cc1ccncc1Cl.O=C(O)C(F)(F)F. The molecule has 0 aliphatic heterocycles. The molecule has 4 N–H and O–H groups in total. The van der Waals surface area contributed by atoms with Crippen molar-refractivity contribution >= 4 is 67.7 Å². The molecule has 0 saturated carbocycles. The van der Waals surface area contributed by atoms with Gasteiger partial charge in [0.15, 0.2) is 0 Å². The van der Waals surface area contributed by atoms with Crippen molar-refractivity contribution in [2.24, 2.45) is 5.73 Å². The lowest BCUT2D eigenvalue weighted by atomic mass is 9.87. The number of nitrogens with zero attached hydrogens (tertiary/aromatic N) is 2. The minimum atomic E-state index is -5.08. The van der Waals surface area contributed by atoms with Gasteiger partial charge in [-0.2, -0.15) is 13.2 Å². The highest BCUT2D eigenvalue weighted by molar-refractivity contribution is 7.20. The van der Waals surface area contributed by atoms with Gasteiger partial charge in [-0.1, -0.05) is 53.3 Å². The van der Waals surface area contributed by atoms with Gasteiger partial charge in [-0.15, -0.1) is 22.7 Å². The van der Waals surface area contributed by atoms with Gasteiger partial charge in [0.05, 0.1) is 21.0 Å². The zero-order valence-corrected chi connectivity index (χ0v) is 23.7. The van der Waals surface area contributed by atoms with Crippen LogP contribution < -0.4 is 11.1 Å². The van der Waals surface area contributed by atoms with E-state index in [-0.39, 0.29) is 12.0 Å². The Balaban J connectivity index is 0.000000470. The third kappa shape index (κ3) is 7.33. The molecule has 1 aliphatic rings. The number of nitrogens with two attached hydrogens (primary N) is 1. The van der Waals surface area contributed by atoms with Crippen molar-refractivity contribution in [3.63, 3.8) is 0 Å². The summed E-state index contributed by atoms with van der Waals surface area (Å²) in [5.41, 5.74) is 9.90. The number of alkyl halides is 3. The smallest absolute Gasteiger partial charge is 0.475 e. The molecule has 208 valence electrons. The van der Waals surface area contributed by atoms with Crippen LogP contribution in [-0.4, -0.2) is 33.3 Å². The lowest BCUT2D eigenvalue weighted by molar-refractivity contribution is -0.192. The number of hydrogen-bond acceptors (Lipinski definition) is 7. The lowest BCUT2D eigenvalue weighted by Crippen LogP contribution is -2.29. The van der Waals surface area contributed by atoms with Gasteiger partial charge < -0.3 is 16.2 Å². The molecule has 0 fully saturated rings. The number of aliphatic carboxylic acids is 1. The molecule has 0 spiro atoms. The van der Waals surface area contributed by atoms with Gasteiger partial charge in [-0.05, 0) is 30.4 Å². The molecule has 1 aliphatic carbocycles. The first-order valence-corrected chi connectivity index (χ1v) is 14.2. The van der Waals surface area contributed by atoms with Crippen molar-refractivity contribution in [3.8, 4) is 11.8 Å². The van der Waals surface area contributed by atoms with Crippen LogP contribution in [0.4, 0.5) is 18.9 Å². The third-order valence-electron chi connectivity index (χ3n) is 5.83. The molecule has 0 saturated heterocycles. The second-order valence-electron chi connectivity index (χ2n) is 8.57. The molecule has 4 heterocycles. The summed E-state index contributed by atoms with van der Waals surface area (Å²) >= 11 is 16.2. The molecule has 4 aromatic heterocycles. The van der Waals surface area contributed by atoms with Gasteiger partial charge in [0, 0.05) is 52.3 Å². The number of halogens is 5. The number of pyridine rings is 2. The summed E-state index contributed by atoms with van der Waals surface area (Å²) in [4.78, 5) is 20.0. The van der Waals surface area contributed by atoms with E-state index in [4.69, 9.17) is 38.8 Å². The lowest BCUT2D eigenvalue weighted by Gasteiger charge is -2.24. The maximum atomic E-state index is 10.6. The van der Waals surface area contributed by atoms with Gasteiger partial charge in [0.1, 0.15) is 10.7 Å². The van der Waals surface area contributed by atoms with Crippen molar-refractivity contribution in [2.75, 3.05) is 5.32 Å². The highest BCUT2D eigenvalue weighted by Crippen LogP contribution is 2.43. The van der Waals surface area contributed by atoms with Crippen molar-refractivity contribution in [3.05, 3.63) is 85.2 Å².